The van der Waals surface area contributed by atoms with Gasteiger partial charge in [0.25, 0.3) is 0 Å². The fourth-order valence-electron chi connectivity index (χ4n) is 1.89. The molecular formula is C11H20O3. The molecule has 3 nitrogen and oxygen atoms in total. The lowest BCUT2D eigenvalue weighted by Crippen LogP contribution is -2.28. The number of carbonyl (C=O) groups excluding carboxylic acids is 1. The highest BCUT2D eigenvalue weighted by atomic mass is 16.6. The first-order chi connectivity index (χ1) is 6.63. The van der Waals surface area contributed by atoms with Crippen molar-refractivity contribution in [3.63, 3.8) is 0 Å². The lowest BCUT2D eigenvalue weighted by molar-refractivity contribution is -0.149. The Morgan fingerprint density at radius 1 is 1.29 bits per heavy atom. The second-order valence-corrected chi connectivity index (χ2v) is 4.28. The molecular weight excluding hydrogens is 180 g/mol. The van der Waals surface area contributed by atoms with Crippen molar-refractivity contribution in [1.29, 1.82) is 0 Å². The van der Waals surface area contributed by atoms with Crippen LogP contribution in [0.15, 0.2) is 0 Å². The van der Waals surface area contributed by atoms with Gasteiger partial charge in [-0.3, -0.25) is 0 Å². The number of hydrogen-bond donors (Lipinski definition) is 0. The third kappa shape index (κ3) is 3.29. The first kappa shape index (κ1) is 11.5. The number of hydrogen-bond acceptors (Lipinski definition) is 3. The summed E-state index contributed by atoms with van der Waals surface area (Å²) in [5.41, 5.74) is 0. The molecule has 0 saturated heterocycles. The Kier molecular flexibility index (Phi) is 4.39. The van der Waals surface area contributed by atoms with Gasteiger partial charge in [0.15, 0.2) is 0 Å². The molecule has 1 fully saturated rings. The summed E-state index contributed by atoms with van der Waals surface area (Å²) in [7, 11) is 1.39. The molecule has 0 aliphatic heterocycles. The number of rotatable bonds is 3. The van der Waals surface area contributed by atoms with E-state index in [1.165, 1.54) is 13.5 Å². The Labute approximate surface area is 85.8 Å². The highest BCUT2D eigenvalue weighted by Gasteiger charge is 2.25. The highest BCUT2D eigenvalue weighted by molar-refractivity contribution is 5.70. The molecule has 1 saturated carbocycles. The maximum Gasteiger partial charge on any atom is 0.331 e. The minimum Gasteiger partial charge on any atom is -0.467 e. The third-order valence-electron chi connectivity index (χ3n) is 3.21. The number of esters is 1. The molecule has 14 heavy (non-hydrogen) atoms. The van der Waals surface area contributed by atoms with E-state index in [0.717, 1.165) is 18.8 Å². The topological polar surface area (TPSA) is 35.5 Å². The Bertz CT molecular complexity index is 191. The van der Waals surface area contributed by atoms with Crippen molar-refractivity contribution in [2.75, 3.05) is 13.7 Å². The van der Waals surface area contributed by atoms with Gasteiger partial charge >= 0.3 is 5.97 Å². The molecule has 82 valence electrons. The van der Waals surface area contributed by atoms with E-state index in [0.29, 0.717) is 5.92 Å². The van der Waals surface area contributed by atoms with Crippen molar-refractivity contribution >= 4 is 5.97 Å². The van der Waals surface area contributed by atoms with Crippen LogP contribution in [0.3, 0.4) is 0 Å². The van der Waals surface area contributed by atoms with Crippen LogP contribution in [0.2, 0.25) is 0 Å². The van der Waals surface area contributed by atoms with Gasteiger partial charge in [-0.2, -0.15) is 0 Å². The van der Waals surface area contributed by atoms with Gasteiger partial charge in [0.1, 0.15) is 6.61 Å². The van der Waals surface area contributed by atoms with Crippen molar-refractivity contribution in [3.05, 3.63) is 0 Å². The predicted octanol–water partition coefficient (Wildman–Crippen LogP) is 2.00. The molecule has 1 rings (SSSR count). The molecule has 0 aromatic carbocycles. The largest absolute Gasteiger partial charge is 0.467 e. The van der Waals surface area contributed by atoms with Crippen LogP contribution in [0.4, 0.5) is 0 Å². The van der Waals surface area contributed by atoms with Crippen molar-refractivity contribution in [2.24, 2.45) is 11.8 Å². The Balaban J connectivity index is 2.23. The minimum atomic E-state index is -0.281. The van der Waals surface area contributed by atoms with E-state index < -0.39 is 0 Å². The van der Waals surface area contributed by atoms with Crippen LogP contribution in [-0.2, 0) is 14.3 Å². The predicted molar refractivity (Wildman–Crippen MR) is 53.9 cm³/mol. The van der Waals surface area contributed by atoms with Gasteiger partial charge in [-0.1, -0.05) is 13.8 Å². The van der Waals surface area contributed by atoms with E-state index in [2.05, 4.69) is 18.6 Å². The maximum absolute atomic E-state index is 10.9. The normalized spacial score (nSPS) is 32.6. The minimum absolute atomic E-state index is 0.0995. The van der Waals surface area contributed by atoms with Crippen LogP contribution in [0, 0.1) is 11.8 Å². The van der Waals surface area contributed by atoms with E-state index >= 15 is 0 Å². The van der Waals surface area contributed by atoms with Gasteiger partial charge in [0.05, 0.1) is 13.2 Å². The Hall–Kier alpha value is -0.570. The summed E-state index contributed by atoms with van der Waals surface area (Å²) in [5, 5.41) is 0. The van der Waals surface area contributed by atoms with Crippen LogP contribution >= 0.6 is 0 Å². The van der Waals surface area contributed by atoms with Gasteiger partial charge in [-0.15, -0.1) is 0 Å². The molecule has 0 heterocycles. The van der Waals surface area contributed by atoms with Gasteiger partial charge in [-0.05, 0) is 31.1 Å². The number of carbonyl (C=O) groups is 1. The van der Waals surface area contributed by atoms with Crippen molar-refractivity contribution in [1.82, 2.24) is 0 Å². The second-order valence-electron chi connectivity index (χ2n) is 4.28. The van der Waals surface area contributed by atoms with Crippen molar-refractivity contribution in [2.45, 2.75) is 39.2 Å². The number of ether oxygens (including phenoxy) is 2. The van der Waals surface area contributed by atoms with Gasteiger partial charge < -0.3 is 9.47 Å². The lowest BCUT2D eigenvalue weighted by Gasteiger charge is -2.31. The molecule has 0 bridgehead atoms. The monoisotopic (exact) mass is 200 g/mol. The van der Waals surface area contributed by atoms with Crippen LogP contribution in [0.25, 0.3) is 0 Å². The molecule has 0 spiro atoms. The zero-order chi connectivity index (χ0) is 10.6. The van der Waals surface area contributed by atoms with Crippen LogP contribution in [-0.4, -0.2) is 25.8 Å². The van der Waals surface area contributed by atoms with Gasteiger partial charge in [0.2, 0.25) is 0 Å². The molecule has 1 aliphatic carbocycles. The van der Waals surface area contributed by atoms with Crippen molar-refractivity contribution < 1.29 is 14.3 Å². The van der Waals surface area contributed by atoms with Crippen LogP contribution < -0.4 is 0 Å². The van der Waals surface area contributed by atoms with E-state index in [9.17, 15) is 4.79 Å². The zero-order valence-corrected chi connectivity index (χ0v) is 9.29. The van der Waals surface area contributed by atoms with E-state index in [1.807, 2.05) is 0 Å². The zero-order valence-electron chi connectivity index (χ0n) is 9.29. The molecule has 3 heteroatoms. The molecule has 0 aromatic rings. The Morgan fingerprint density at radius 2 is 2.00 bits per heavy atom. The van der Waals surface area contributed by atoms with Crippen LogP contribution in [0.1, 0.15) is 33.1 Å². The maximum atomic E-state index is 10.9. The summed E-state index contributed by atoms with van der Waals surface area (Å²) < 4.78 is 10.0. The van der Waals surface area contributed by atoms with Crippen molar-refractivity contribution in [3.8, 4) is 0 Å². The number of methoxy groups -OCH3 is 1. The van der Waals surface area contributed by atoms with E-state index in [-0.39, 0.29) is 18.7 Å². The second kappa shape index (κ2) is 5.35. The quantitative estimate of drug-likeness (QED) is 0.654. The van der Waals surface area contributed by atoms with Crippen LogP contribution in [0.5, 0.6) is 0 Å². The summed E-state index contributed by atoms with van der Waals surface area (Å²) in [6.45, 7) is 4.63. The molecule has 0 amide bonds. The summed E-state index contributed by atoms with van der Waals surface area (Å²) in [4.78, 5) is 10.9. The van der Waals surface area contributed by atoms with Gasteiger partial charge in [-0.25, -0.2) is 4.79 Å². The lowest BCUT2D eigenvalue weighted by atomic mass is 9.80. The Morgan fingerprint density at radius 3 is 2.57 bits per heavy atom. The first-order valence-electron chi connectivity index (χ1n) is 5.32. The van der Waals surface area contributed by atoms with Gasteiger partial charge in [0, 0.05) is 0 Å². The smallest absolute Gasteiger partial charge is 0.331 e. The summed E-state index contributed by atoms with van der Waals surface area (Å²) in [6.07, 6.45) is 3.59. The standard InChI is InChI=1S/C11H20O3/c1-8-4-5-10(6-9(8)2)14-7-11(12)13-3/h8-10H,4-7H2,1-3H3. The van der Waals surface area contributed by atoms with E-state index in [4.69, 9.17) is 4.74 Å². The van der Waals surface area contributed by atoms with E-state index in [1.54, 1.807) is 0 Å². The SMILES string of the molecule is COC(=O)COC1CCC(C)C(C)C1. The average Bonchev–Trinajstić information content (AvgIpc) is 2.19. The molecule has 3 unspecified atom stereocenters. The molecule has 3 atom stereocenters. The highest BCUT2D eigenvalue weighted by Crippen LogP contribution is 2.30. The molecule has 0 aromatic heterocycles. The summed E-state index contributed by atoms with van der Waals surface area (Å²) in [5.74, 6) is 1.20. The molecule has 0 radical (unpaired) electrons. The third-order valence-corrected chi connectivity index (χ3v) is 3.21. The fourth-order valence-corrected chi connectivity index (χ4v) is 1.89. The summed E-state index contributed by atoms with van der Waals surface area (Å²) >= 11 is 0. The summed E-state index contributed by atoms with van der Waals surface area (Å²) in [6, 6.07) is 0. The first-order valence-corrected chi connectivity index (χ1v) is 5.32. The molecule has 0 N–H and O–H groups in total. The molecule has 1 aliphatic rings. The fraction of sp³-hybridized carbons (Fsp3) is 0.909. The average molecular weight is 200 g/mol.